The summed E-state index contributed by atoms with van der Waals surface area (Å²) in [6, 6.07) is 6.79. The van der Waals surface area contributed by atoms with Crippen molar-refractivity contribution >= 4 is 23.4 Å². The zero-order chi connectivity index (χ0) is 12.3. The van der Waals surface area contributed by atoms with Gasteiger partial charge in [-0.2, -0.15) is 12.6 Å². The molecule has 0 saturated heterocycles. The Labute approximate surface area is 103 Å². The van der Waals surface area contributed by atoms with E-state index in [1.54, 1.807) is 30.3 Å². The first-order valence-corrected chi connectivity index (χ1v) is 5.85. The van der Waals surface area contributed by atoms with E-state index in [0.29, 0.717) is 23.1 Å². The Morgan fingerprint density at radius 1 is 1.18 bits per heavy atom. The Hall–Kier alpha value is -1.75. The third-order valence-electron chi connectivity index (χ3n) is 2.44. The highest BCUT2D eigenvalue weighted by Gasteiger charge is 2.04. The number of thiol groups is 1. The minimum absolute atomic E-state index is 0.191. The molecule has 0 fully saturated rings. The Bertz CT molecular complexity index is 670. The van der Waals surface area contributed by atoms with Gasteiger partial charge >= 0.3 is 0 Å². The molecule has 2 aromatic rings. The molecule has 0 bridgehead atoms. The second-order valence-corrected chi connectivity index (χ2v) is 3.92. The summed E-state index contributed by atoms with van der Waals surface area (Å²) >= 11 is 4.03. The van der Waals surface area contributed by atoms with Crippen molar-refractivity contribution < 1.29 is 0 Å². The summed E-state index contributed by atoms with van der Waals surface area (Å²) in [5.41, 5.74) is -0.441. The number of aromatic nitrogens is 2. The van der Waals surface area contributed by atoms with E-state index >= 15 is 0 Å². The summed E-state index contributed by atoms with van der Waals surface area (Å²) in [4.78, 5) is 23.7. The minimum Gasteiger partial charge on any atom is -0.267 e. The second-order valence-electron chi connectivity index (χ2n) is 3.56. The number of aromatic amines is 1. The number of rotatable bonds is 3. The molecule has 1 N–H and O–H groups in total. The maximum atomic E-state index is 12.0. The molecule has 2 rings (SSSR count). The van der Waals surface area contributed by atoms with Crippen LogP contribution in [0.2, 0.25) is 0 Å². The molecule has 0 unspecified atom stereocenters. The molecule has 0 saturated carbocycles. The van der Waals surface area contributed by atoms with E-state index in [2.05, 4.69) is 17.7 Å². The molecular formula is C12H12N2O2S. The lowest BCUT2D eigenvalue weighted by molar-refractivity contribution is 0.649. The molecule has 0 amide bonds. The van der Waals surface area contributed by atoms with Crippen molar-refractivity contribution in [3.05, 3.63) is 57.1 Å². The number of nitrogens with one attached hydrogen (secondary N) is 1. The van der Waals surface area contributed by atoms with Crippen LogP contribution in [-0.4, -0.2) is 15.5 Å². The highest BCUT2D eigenvalue weighted by Crippen LogP contribution is 2.02. The van der Waals surface area contributed by atoms with Crippen LogP contribution in [0, 0.1) is 0 Å². The molecule has 4 nitrogen and oxygen atoms in total. The van der Waals surface area contributed by atoms with Crippen LogP contribution < -0.4 is 11.1 Å². The van der Waals surface area contributed by atoms with E-state index < -0.39 is 0 Å². The van der Waals surface area contributed by atoms with Crippen LogP contribution in [0.25, 0.3) is 10.8 Å². The van der Waals surface area contributed by atoms with Crippen molar-refractivity contribution in [2.45, 2.75) is 6.54 Å². The lowest BCUT2D eigenvalue weighted by Gasteiger charge is -2.03. The van der Waals surface area contributed by atoms with Crippen LogP contribution in [-0.2, 0) is 6.54 Å². The summed E-state index contributed by atoms with van der Waals surface area (Å²) in [6.45, 7) is 0.347. The van der Waals surface area contributed by atoms with Crippen molar-refractivity contribution in [3.63, 3.8) is 0 Å². The van der Waals surface area contributed by atoms with Gasteiger partial charge in [-0.25, -0.2) is 4.68 Å². The quantitative estimate of drug-likeness (QED) is 0.633. The minimum atomic E-state index is -0.250. The zero-order valence-corrected chi connectivity index (χ0v) is 9.98. The van der Waals surface area contributed by atoms with Crippen molar-refractivity contribution in [2.24, 2.45) is 0 Å². The zero-order valence-electron chi connectivity index (χ0n) is 9.09. The van der Waals surface area contributed by atoms with Gasteiger partial charge in [0.2, 0.25) is 0 Å². The Morgan fingerprint density at radius 3 is 2.59 bits per heavy atom. The normalized spacial score (nSPS) is 11.4. The van der Waals surface area contributed by atoms with Crippen molar-refractivity contribution in [1.29, 1.82) is 0 Å². The van der Waals surface area contributed by atoms with Crippen LogP contribution in [0.15, 0.2) is 46.0 Å². The Morgan fingerprint density at radius 2 is 1.88 bits per heavy atom. The molecule has 1 heterocycles. The Balaban J connectivity index is 2.59. The third kappa shape index (κ3) is 2.34. The first-order chi connectivity index (χ1) is 8.24. The molecule has 0 atom stereocenters. The number of nitrogens with zero attached hydrogens (tertiary/aromatic N) is 1. The van der Waals surface area contributed by atoms with Gasteiger partial charge in [0.25, 0.3) is 11.1 Å². The molecule has 0 aliphatic carbocycles. The predicted octanol–water partition coefficient (Wildman–Crippen LogP) is 1.18. The molecule has 1 aromatic carbocycles. The van der Waals surface area contributed by atoms with E-state index in [0.717, 1.165) is 0 Å². The summed E-state index contributed by atoms with van der Waals surface area (Å²) in [5, 5.41) is 3.41. The SMILES string of the molecule is O=c1[nH]n(CC=CCS)c(=O)c2ccccc12. The number of hydrogen-bond donors (Lipinski definition) is 2. The van der Waals surface area contributed by atoms with Crippen LogP contribution in [0.5, 0.6) is 0 Å². The number of benzene rings is 1. The first kappa shape index (κ1) is 11.7. The van der Waals surface area contributed by atoms with E-state index in [4.69, 9.17) is 0 Å². The molecule has 17 heavy (non-hydrogen) atoms. The number of hydrogen-bond acceptors (Lipinski definition) is 3. The van der Waals surface area contributed by atoms with Crippen molar-refractivity contribution in [2.75, 3.05) is 5.75 Å². The van der Waals surface area contributed by atoms with Gasteiger partial charge in [0.1, 0.15) is 0 Å². The van der Waals surface area contributed by atoms with Crippen molar-refractivity contribution in [1.82, 2.24) is 9.78 Å². The lowest BCUT2D eigenvalue weighted by atomic mass is 10.2. The average Bonchev–Trinajstić information content (AvgIpc) is 2.36. The van der Waals surface area contributed by atoms with E-state index in [9.17, 15) is 9.59 Å². The van der Waals surface area contributed by atoms with Gasteiger partial charge < -0.3 is 0 Å². The monoisotopic (exact) mass is 248 g/mol. The molecule has 0 radical (unpaired) electrons. The standard InChI is InChI=1S/C12H12N2O2S/c15-11-9-5-1-2-6-10(9)12(16)14(13-11)7-3-4-8-17/h1-6,17H,7-8H2,(H,13,15). The van der Waals surface area contributed by atoms with E-state index in [-0.39, 0.29) is 11.1 Å². The molecule has 0 spiro atoms. The molecule has 1 aromatic heterocycles. The number of allylic oxidation sites excluding steroid dienone is 1. The lowest BCUT2D eigenvalue weighted by Crippen LogP contribution is -2.29. The highest BCUT2D eigenvalue weighted by atomic mass is 32.1. The van der Waals surface area contributed by atoms with Gasteiger partial charge in [0, 0.05) is 5.75 Å². The van der Waals surface area contributed by atoms with Gasteiger partial charge in [-0.05, 0) is 12.1 Å². The van der Waals surface area contributed by atoms with E-state index in [1.807, 2.05) is 6.08 Å². The number of fused-ring (bicyclic) bond motifs is 1. The molecule has 5 heteroatoms. The predicted molar refractivity (Wildman–Crippen MR) is 71.8 cm³/mol. The summed E-state index contributed by atoms with van der Waals surface area (Å²) in [5.74, 6) is 0.604. The highest BCUT2D eigenvalue weighted by molar-refractivity contribution is 7.80. The molecular weight excluding hydrogens is 236 g/mol. The Kier molecular flexibility index (Phi) is 3.49. The van der Waals surface area contributed by atoms with Gasteiger partial charge in [-0.15, -0.1) is 0 Å². The molecule has 0 aliphatic heterocycles. The van der Waals surface area contributed by atoms with Gasteiger partial charge in [0.05, 0.1) is 17.3 Å². The van der Waals surface area contributed by atoms with Crippen LogP contribution in [0.3, 0.4) is 0 Å². The van der Waals surface area contributed by atoms with Crippen LogP contribution in [0.4, 0.5) is 0 Å². The number of H-pyrrole nitrogens is 1. The maximum Gasteiger partial charge on any atom is 0.273 e. The summed E-state index contributed by atoms with van der Waals surface area (Å²) in [7, 11) is 0. The maximum absolute atomic E-state index is 12.0. The van der Waals surface area contributed by atoms with Gasteiger partial charge in [-0.1, -0.05) is 24.3 Å². The third-order valence-corrected chi connectivity index (χ3v) is 2.65. The fourth-order valence-electron chi connectivity index (χ4n) is 1.63. The summed E-state index contributed by atoms with van der Waals surface area (Å²) < 4.78 is 1.30. The van der Waals surface area contributed by atoms with Crippen LogP contribution in [0.1, 0.15) is 0 Å². The second kappa shape index (κ2) is 5.05. The summed E-state index contributed by atoms with van der Waals surface area (Å²) in [6.07, 6.45) is 3.61. The topological polar surface area (TPSA) is 54.9 Å². The van der Waals surface area contributed by atoms with Crippen molar-refractivity contribution in [3.8, 4) is 0 Å². The van der Waals surface area contributed by atoms with Crippen LogP contribution >= 0.6 is 12.6 Å². The molecule has 0 aliphatic rings. The van der Waals surface area contributed by atoms with Gasteiger partial charge in [-0.3, -0.25) is 14.7 Å². The fraction of sp³-hybridized carbons (Fsp3) is 0.167. The first-order valence-electron chi connectivity index (χ1n) is 5.22. The molecule has 88 valence electrons. The smallest absolute Gasteiger partial charge is 0.267 e. The largest absolute Gasteiger partial charge is 0.273 e. The van der Waals surface area contributed by atoms with E-state index in [1.165, 1.54) is 4.68 Å². The van der Waals surface area contributed by atoms with Gasteiger partial charge in [0.15, 0.2) is 0 Å². The fourth-order valence-corrected chi connectivity index (χ4v) is 1.78. The average molecular weight is 248 g/mol.